The topological polar surface area (TPSA) is 58.6 Å². The van der Waals surface area contributed by atoms with Crippen LogP contribution in [0.15, 0.2) is 34.8 Å². The van der Waals surface area contributed by atoms with E-state index in [2.05, 4.69) is 15.9 Å². The summed E-state index contributed by atoms with van der Waals surface area (Å²) in [6, 6.07) is 8.46. The van der Waals surface area contributed by atoms with Crippen molar-refractivity contribution in [1.82, 2.24) is 5.32 Å². The van der Waals surface area contributed by atoms with Crippen molar-refractivity contribution in [3.05, 3.63) is 56.5 Å². The molecule has 0 unspecified atom stereocenters. The first-order valence-electron chi connectivity index (χ1n) is 8.72. The highest BCUT2D eigenvalue weighted by atomic mass is 79.9. The summed E-state index contributed by atoms with van der Waals surface area (Å²) in [5.74, 6) is -0.236. The first-order valence-corrected chi connectivity index (χ1v) is 9.89. The third-order valence-electron chi connectivity index (χ3n) is 4.07. The van der Waals surface area contributed by atoms with Gasteiger partial charge in [0.2, 0.25) is 0 Å². The van der Waals surface area contributed by atoms with Crippen LogP contribution in [0.1, 0.15) is 36.5 Å². The van der Waals surface area contributed by atoms with Gasteiger partial charge in [-0.15, -0.1) is 0 Å². The van der Waals surface area contributed by atoms with Crippen LogP contribution in [0.4, 0.5) is 13.2 Å². The molecule has 9 heteroatoms. The number of rotatable bonds is 7. The van der Waals surface area contributed by atoms with Gasteiger partial charge in [0.15, 0.2) is 6.61 Å². The highest BCUT2D eigenvalue weighted by molar-refractivity contribution is 9.10. The van der Waals surface area contributed by atoms with E-state index in [9.17, 15) is 23.1 Å². The van der Waals surface area contributed by atoms with Crippen LogP contribution in [0.25, 0.3) is 0 Å². The van der Waals surface area contributed by atoms with Crippen molar-refractivity contribution in [2.45, 2.75) is 32.4 Å². The quantitative estimate of drug-likeness (QED) is 0.528. The zero-order chi connectivity index (χ0) is 21.8. The van der Waals surface area contributed by atoms with Gasteiger partial charge < -0.3 is 15.2 Å². The average Bonchev–Trinajstić information content (AvgIpc) is 2.61. The van der Waals surface area contributed by atoms with Gasteiger partial charge in [-0.05, 0) is 40.8 Å². The number of phenols is 1. The Hall–Kier alpha value is -1.93. The molecular formula is C20H20BrClF3NO3. The third kappa shape index (κ3) is 7.12. The average molecular weight is 495 g/mol. The Balaban J connectivity index is 2.08. The molecule has 29 heavy (non-hydrogen) atoms. The molecule has 2 N–H and O–H groups in total. The molecule has 0 aliphatic heterocycles. The molecule has 0 aromatic heterocycles. The second-order valence-corrected chi connectivity index (χ2v) is 8.03. The van der Waals surface area contributed by atoms with Crippen LogP contribution >= 0.6 is 27.5 Å². The molecule has 0 spiro atoms. The maximum absolute atomic E-state index is 12.1. The molecule has 0 aliphatic carbocycles. The van der Waals surface area contributed by atoms with E-state index in [1.807, 2.05) is 19.9 Å². The predicted molar refractivity (Wildman–Crippen MR) is 109 cm³/mol. The molecule has 0 atom stereocenters. The first-order chi connectivity index (χ1) is 13.5. The van der Waals surface area contributed by atoms with Crippen molar-refractivity contribution in [1.29, 1.82) is 0 Å². The minimum atomic E-state index is -4.48. The van der Waals surface area contributed by atoms with Crippen LogP contribution in [0.3, 0.4) is 0 Å². The molecule has 2 aromatic rings. The van der Waals surface area contributed by atoms with Crippen molar-refractivity contribution < 1.29 is 27.8 Å². The Morgan fingerprint density at radius 3 is 2.55 bits per heavy atom. The van der Waals surface area contributed by atoms with Gasteiger partial charge in [-0.3, -0.25) is 4.79 Å². The summed E-state index contributed by atoms with van der Waals surface area (Å²) in [4.78, 5) is 11.5. The zero-order valence-electron chi connectivity index (χ0n) is 15.7. The highest BCUT2D eigenvalue weighted by Crippen LogP contribution is 2.34. The number of nitrogens with one attached hydrogen (secondary N) is 1. The van der Waals surface area contributed by atoms with Crippen LogP contribution in [0.2, 0.25) is 5.02 Å². The van der Waals surface area contributed by atoms with Crippen LogP contribution in [0, 0.1) is 0 Å². The summed E-state index contributed by atoms with van der Waals surface area (Å²) in [6.07, 6.45) is -3.99. The van der Waals surface area contributed by atoms with E-state index < -0.39 is 25.2 Å². The molecule has 0 saturated heterocycles. The minimum absolute atomic E-state index is 0.160. The molecule has 0 aliphatic rings. The van der Waals surface area contributed by atoms with Crippen LogP contribution in [0.5, 0.6) is 11.5 Å². The molecule has 158 valence electrons. The van der Waals surface area contributed by atoms with E-state index in [4.69, 9.17) is 16.3 Å². The maximum atomic E-state index is 12.1. The number of halogens is 5. The lowest BCUT2D eigenvalue weighted by molar-refractivity contribution is -0.139. The van der Waals surface area contributed by atoms with Crippen LogP contribution < -0.4 is 10.1 Å². The fourth-order valence-electron chi connectivity index (χ4n) is 2.61. The number of phenolic OH excluding ortho intramolecular Hbond substituents is 1. The summed E-state index contributed by atoms with van der Waals surface area (Å²) in [7, 11) is 0. The SMILES string of the molecule is CC(C)c1cc(Cc2c(Cl)cc(OCC(=O)NCC(F)(F)F)cc2Br)ccc1O. The predicted octanol–water partition coefficient (Wildman–Crippen LogP) is 5.58. The number of hydrogen-bond donors (Lipinski definition) is 2. The van der Waals surface area contributed by atoms with E-state index >= 15 is 0 Å². The molecule has 0 heterocycles. The summed E-state index contributed by atoms with van der Waals surface area (Å²) >= 11 is 9.76. The lowest BCUT2D eigenvalue weighted by Gasteiger charge is -2.14. The number of ether oxygens (including phenoxy) is 1. The molecule has 2 aromatic carbocycles. The van der Waals surface area contributed by atoms with E-state index in [-0.39, 0.29) is 17.4 Å². The van der Waals surface area contributed by atoms with Gasteiger partial charge in [0, 0.05) is 15.9 Å². The molecule has 0 saturated carbocycles. The van der Waals surface area contributed by atoms with Crippen molar-refractivity contribution >= 4 is 33.4 Å². The molecular weight excluding hydrogens is 475 g/mol. The second kappa shape index (κ2) is 9.71. The Labute approximate surface area is 180 Å². The van der Waals surface area contributed by atoms with Gasteiger partial charge in [0.25, 0.3) is 5.91 Å². The lowest BCUT2D eigenvalue weighted by Crippen LogP contribution is -2.36. The van der Waals surface area contributed by atoms with Gasteiger partial charge in [-0.2, -0.15) is 13.2 Å². The monoisotopic (exact) mass is 493 g/mol. The molecule has 2 rings (SSSR count). The molecule has 4 nitrogen and oxygen atoms in total. The van der Waals surface area contributed by atoms with Gasteiger partial charge in [0.05, 0.1) is 0 Å². The number of hydrogen-bond acceptors (Lipinski definition) is 3. The largest absolute Gasteiger partial charge is 0.508 e. The summed E-state index contributed by atoms with van der Waals surface area (Å²) in [5.41, 5.74) is 2.56. The van der Waals surface area contributed by atoms with Crippen LogP contribution in [-0.4, -0.2) is 30.3 Å². The van der Waals surface area contributed by atoms with Crippen LogP contribution in [-0.2, 0) is 11.2 Å². The van der Waals surface area contributed by atoms with E-state index in [0.29, 0.717) is 15.9 Å². The van der Waals surface area contributed by atoms with Gasteiger partial charge in [0.1, 0.15) is 18.0 Å². The van der Waals surface area contributed by atoms with Crippen molar-refractivity contribution in [3.8, 4) is 11.5 Å². The van der Waals surface area contributed by atoms with Gasteiger partial charge in [-0.1, -0.05) is 53.5 Å². The van der Waals surface area contributed by atoms with Crippen molar-refractivity contribution in [2.75, 3.05) is 13.2 Å². The number of aromatic hydroxyl groups is 1. The Morgan fingerprint density at radius 1 is 1.28 bits per heavy atom. The standard InChI is InChI=1S/C20H20BrClF3NO3/c1-11(2)14-5-12(3-4-18(14)27)6-15-16(21)7-13(8-17(15)22)29-9-19(28)26-10-20(23,24)25/h3-5,7-8,11,27H,6,9-10H2,1-2H3,(H,26,28). The molecule has 0 bridgehead atoms. The molecule has 0 radical (unpaired) electrons. The second-order valence-electron chi connectivity index (χ2n) is 6.77. The number of amides is 1. The van der Waals surface area contributed by atoms with Crippen molar-refractivity contribution in [2.24, 2.45) is 0 Å². The fraction of sp³-hybridized carbons (Fsp3) is 0.350. The Bertz CT molecular complexity index is 865. The van der Waals surface area contributed by atoms with Gasteiger partial charge >= 0.3 is 6.18 Å². The number of benzene rings is 2. The van der Waals surface area contributed by atoms with E-state index in [1.165, 1.54) is 6.07 Å². The number of carbonyl (C=O) groups excluding carboxylic acids is 1. The number of alkyl halides is 3. The molecule has 1 amide bonds. The summed E-state index contributed by atoms with van der Waals surface area (Å²) in [5, 5.41) is 12.1. The van der Waals surface area contributed by atoms with E-state index in [1.54, 1.807) is 23.5 Å². The highest BCUT2D eigenvalue weighted by Gasteiger charge is 2.27. The lowest BCUT2D eigenvalue weighted by atomic mass is 9.96. The van der Waals surface area contributed by atoms with Crippen molar-refractivity contribution in [3.63, 3.8) is 0 Å². The normalized spacial score (nSPS) is 11.6. The molecule has 0 fully saturated rings. The summed E-state index contributed by atoms with van der Waals surface area (Å²) < 4.78 is 42.2. The Kier molecular flexibility index (Phi) is 7.82. The smallest absolute Gasteiger partial charge is 0.405 e. The maximum Gasteiger partial charge on any atom is 0.405 e. The fourth-order valence-corrected chi connectivity index (χ4v) is 3.58. The van der Waals surface area contributed by atoms with Gasteiger partial charge in [-0.25, -0.2) is 0 Å². The Morgan fingerprint density at radius 2 is 1.97 bits per heavy atom. The third-order valence-corrected chi connectivity index (χ3v) is 5.11. The minimum Gasteiger partial charge on any atom is -0.508 e. The van der Waals surface area contributed by atoms with E-state index in [0.717, 1.165) is 16.7 Å². The zero-order valence-corrected chi connectivity index (χ0v) is 18.1. The first kappa shape index (κ1) is 23.3. The number of carbonyl (C=O) groups is 1. The summed E-state index contributed by atoms with van der Waals surface area (Å²) in [6.45, 7) is 1.99.